The normalized spacial score (nSPS) is 17.2. The zero-order chi connectivity index (χ0) is 17.6. The number of carbonyl (C=O) groups is 2. The monoisotopic (exact) mass is 344 g/mol. The number of hydrogen-bond acceptors (Lipinski definition) is 6. The van der Waals surface area contributed by atoms with Gasteiger partial charge in [0.2, 0.25) is 5.91 Å². The van der Waals surface area contributed by atoms with E-state index in [-0.39, 0.29) is 12.5 Å². The molecule has 9 heteroatoms. The van der Waals surface area contributed by atoms with Crippen molar-refractivity contribution in [2.75, 3.05) is 13.7 Å². The largest absolute Gasteiger partial charge is 0.453 e. The second-order valence-corrected chi connectivity index (χ2v) is 5.74. The van der Waals surface area contributed by atoms with Crippen molar-refractivity contribution in [2.24, 2.45) is 0 Å². The van der Waals surface area contributed by atoms with E-state index >= 15 is 0 Å². The van der Waals surface area contributed by atoms with Crippen molar-refractivity contribution < 1.29 is 14.3 Å². The maximum absolute atomic E-state index is 12.5. The summed E-state index contributed by atoms with van der Waals surface area (Å²) < 4.78 is 6.34. The van der Waals surface area contributed by atoms with Gasteiger partial charge in [0.15, 0.2) is 5.82 Å². The van der Waals surface area contributed by atoms with Crippen LogP contribution in [-0.2, 0) is 16.1 Å². The van der Waals surface area contributed by atoms with Crippen LogP contribution in [0.25, 0.3) is 5.69 Å². The second kappa shape index (κ2) is 7.73. The molecule has 0 saturated carbocycles. The fourth-order valence-electron chi connectivity index (χ4n) is 2.91. The van der Waals surface area contributed by atoms with Crippen molar-refractivity contribution in [3.05, 3.63) is 36.2 Å². The highest BCUT2D eigenvalue weighted by atomic mass is 16.5. The number of rotatable bonds is 4. The van der Waals surface area contributed by atoms with Crippen molar-refractivity contribution in [3.8, 4) is 5.69 Å². The van der Waals surface area contributed by atoms with Gasteiger partial charge < -0.3 is 10.1 Å². The van der Waals surface area contributed by atoms with Crippen molar-refractivity contribution in [3.63, 3.8) is 0 Å². The van der Waals surface area contributed by atoms with E-state index in [4.69, 9.17) is 4.74 Å². The third-order valence-corrected chi connectivity index (χ3v) is 4.17. The summed E-state index contributed by atoms with van der Waals surface area (Å²) in [4.78, 5) is 25.8. The standard InChI is InChI=1S/C16H20N6O3/c1-25-16(24)21-10-6-5-9-13(21)15(23)17-11-14-18-19-20-22(14)12-7-3-2-4-8-12/h2-4,7-8,13H,5-6,9-11H2,1H3,(H,17,23). The summed E-state index contributed by atoms with van der Waals surface area (Å²) in [5, 5.41) is 14.4. The highest BCUT2D eigenvalue weighted by Crippen LogP contribution is 2.18. The van der Waals surface area contributed by atoms with Crippen molar-refractivity contribution in [1.82, 2.24) is 30.4 Å². The maximum atomic E-state index is 12.5. The van der Waals surface area contributed by atoms with Crippen LogP contribution < -0.4 is 5.32 Å². The first kappa shape index (κ1) is 16.9. The number of nitrogens with zero attached hydrogens (tertiary/aromatic N) is 5. The molecule has 2 aromatic rings. The highest BCUT2D eigenvalue weighted by molar-refractivity contribution is 5.85. The molecule has 0 spiro atoms. The summed E-state index contributed by atoms with van der Waals surface area (Å²) in [6.07, 6.45) is 1.90. The lowest BCUT2D eigenvalue weighted by Crippen LogP contribution is -2.51. The fourth-order valence-corrected chi connectivity index (χ4v) is 2.91. The smallest absolute Gasteiger partial charge is 0.410 e. The van der Waals surface area contributed by atoms with E-state index in [0.717, 1.165) is 18.5 Å². The molecule has 25 heavy (non-hydrogen) atoms. The predicted molar refractivity (Wildman–Crippen MR) is 87.8 cm³/mol. The summed E-state index contributed by atoms with van der Waals surface area (Å²) in [5.74, 6) is 0.285. The van der Waals surface area contributed by atoms with Gasteiger partial charge in [-0.3, -0.25) is 9.69 Å². The van der Waals surface area contributed by atoms with Crippen LogP contribution in [0.2, 0.25) is 0 Å². The Morgan fingerprint density at radius 1 is 1.28 bits per heavy atom. The van der Waals surface area contributed by atoms with E-state index in [0.29, 0.717) is 18.8 Å². The molecule has 132 valence electrons. The number of nitrogens with one attached hydrogen (secondary N) is 1. The van der Waals surface area contributed by atoms with Crippen LogP contribution in [0.5, 0.6) is 0 Å². The lowest BCUT2D eigenvalue weighted by Gasteiger charge is -2.33. The molecule has 0 radical (unpaired) electrons. The Hall–Kier alpha value is -2.97. The molecule has 0 aliphatic carbocycles. The van der Waals surface area contributed by atoms with E-state index in [1.807, 2.05) is 30.3 Å². The maximum Gasteiger partial charge on any atom is 0.410 e. The first-order valence-corrected chi connectivity index (χ1v) is 8.15. The number of likely N-dealkylation sites (tertiary alicyclic amines) is 1. The summed E-state index contributed by atoms with van der Waals surface area (Å²) >= 11 is 0. The number of aromatic nitrogens is 4. The summed E-state index contributed by atoms with van der Waals surface area (Å²) in [7, 11) is 1.32. The van der Waals surface area contributed by atoms with E-state index in [9.17, 15) is 9.59 Å². The molecule has 1 unspecified atom stereocenters. The van der Waals surface area contributed by atoms with Crippen LogP contribution >= 0.6 is 0 Å². The minimum atomic E-state index is -0.526. The number of piperidine rings is 1. The number of ether oxygens (including phenoxy) is 1. The number of tetrazole rings is 1. The van der Waals surface area contributed by atoms with Crippen molar-refractivity contribution in [2.45, 2.75) is 31.8 Å². The summed E-state index contributed by atoms with van der Waals surface area (Å²) in [5.41, 5.74) is 0.811. The quantitative estimate of drug-likeness (QED) is 0.884. The third-order valence-electron chi connectivity index (χ3n) is 4.17. The molecule has 1 saturated heterocycles. The molecule has 1 N–H and O–H groups in total. The Labute approximate surface area is 144 Å². The first-order valence-electron chi connectivity index (χ1n) is 8.15. The molecular weight excluding hydrogens is 324 g/mol. The minimum absolute atomic E-state index is 0.173. The Morgan fingerprint density at radius 3 is 2.84 bits per heavy atom. The number of methoxy groups -OCH3 is 1. The average molecular weight is 344 g/mol. The molecule has 1 fully saturated rings. The van der Waals surface area contributed by atoms with E-state index in [1.165, 1.54) is 12.0 Å². The Bertz CT molecular complexity index is 732. The van der Waals surface area contributed by atoms with Crippen LogP contribution in [-0.4, -0.2) is 56.8 Å². The van der Waals surface area contributed by atoms with E-state index < -0.39 is 12.1 Å². The molecule has 1 aliphatic rings. The van der Waals surface area contributed by atoms with Gasteiger partial charge >= 0.3 is 6.09 Å². The van der Waals surface area contributed by atoms with Gasteiger partial charge in [0.05, 0.1) is 19.3 Å². The lowest BCUT2D eigenvalue weighted by atomic mass is 10.0. The van der Waals surface area contributed by atoms with Crippen LogP contribution in [0.15, 0.2) is 30.3 Å². The number of carbonyl (C=O) groups excluding carboxylic acids is 2. The number of para-hydroxylation sites is 1. The van der Waals surface area contributed by atoms with Crippen LogP contribution in [0.1, 0.15) is 25.1 Å². The number of hydrogen-bond donors (Lipinski definition) is 1. The molecular formula is C16H20N6O3. The van der Waals surface area contributed by atoms with Gasteiger partial charge in [-0.15, -0.1) is 5.10 Å². The van der Waals surface area contributed by atoms with Crippen LogP contribution in [0, 0.1) is 0 Å². The average Bonchev–Trinajstić information content (AvgIpc) is 3.14. The van der Waals surface area contributed by atoms with E-state index in [2.05, 4.69) is 20.8 Å². The molecule has 1 aliphatic heterocycles. The summed E-state index contributed by atoms with van der Waals surface area (Å²) in [6.45, 7) is 0.693. The molecule has 2 heterocycles. The van der Waals surface area contributed by atoms with Gasteiger partial charge in [0.25, 0.3) is 0 Å². The minimum Gasteiger partial charge on any atom is -0.453 e. The fraction of sp³-hybridized carbons (Fsp3) is 0.438. The second-order valence-electron chi connectivity index (χ2n) is 5.74. The topological polar surface area (TPSA) is 102 Å². The van der Waals surface area contributed by atoms with E-state index in [1.54, 1.807) is 4.68 Å². The highest BCUT2D eigenvalue weighted by Gasteiger charge is 2.32. The zero-order valence-electron chi connectivity index (χ0n) is 14.0. The van der Waals surface area contributed by atoms with Gasteiger partial charge in [-0.05, 0) is 41.8 Å². The molecule has 9 nitrogen and oxygen atoms in total. The van der Waals surface area contributed by atoms with Gasteiger partial charge in [0, 0.05) is 6.54 Å². The molecule has 1 aromatic heterocycles. The molecule has 2 amide bonds. The first-order chi connectivity index (χ1) is 12.2. The SMILES string of the molecule is COC(=O)N1CCCCC1C(=O)NCc1nnnn1-c1ccccc1. The summed E-state index contributed by atoms with van der Waals surface area (Å²) in [6, 6.07) is 8.90. The number of amides is 2. The van der Waals surface area contributed by atoms with Gasteiger partial charge in [-0.2, -0.15) is 4.68 Å². The van der Waals surface area contributed by atoms with Crippen molar-refractivity contribution in [1.29, 1.82) is 0 Å². The van der Waals surface area contributed by atoms with Gasteiger partial charge in [-0.25, -0.2) is 4.79 Å². The molecule has 1 aromatic carbocycles. The van der Waals surface area contributed by atoms with Gasteiger partial charge in [-0.1, -0.05) is 18.2 Å². The third kappa shape index (κ3) is 3.76. The Kier molecular flexibility index (Phi) is 5.22. The predicted octanol–water partition coefficient (Wildman–Crippen LogP) is 0.899. The van der Waals surface area contributed by atoms with Crippen molar-refractivity contribution >= 4 is 12.0 Å². The Morgan fingerprint density at radius 2 is 2.08 bits per heavy atom. The Balaban J connectivity index is 1.67. The van der Waals surface area contributed by atoms with Crippen LogP contribution in [0.4, 0.5) is 4.79 Å². The molecule has 0 bridgehead atoms. The number of benzene rings is 1. The molecule has 3 rings (SSSR count). The molecule has 1 atom stereocenters. The zero-order valence-corrected chi connectivity index (χ0v) is 14.0. The van der Waals surface area contributed by atoms with Crippen LogP contribution in [0.3, 0.4) is 0 Å². The lowest BCUT2D eigenvalue weighted by molar-refractivity contribution is -0.127. The van der Waals surface area contributed by atoms with Gasteiger partial charge in [0.1, 0.15) is 6.04 Å².